The van der Waals surface area contributed by atoms with E-state index in [1.165, 1.54) is 0 Å². The normalized spacial score (nSPS) is 18.1. The second-order valence-electron chi connectivity index (χ2n) is 7.06. The first-order valence-corrected chi connectivity index (χ1v) is 9.72. The van der Waals surface area contributed by atoms with Crippen LogP contribution in [0.5, 0.6) is 5.75 Å². The van der Waals surface area contributed by atoms with E-state index in [-0.39, 0.29) is 10.3 Å². The monoisotopic (exact) mass is 340 g/mol. The molecule has 23 heavy (non-hydrogen) atoms. The maximum Gasteiger partial charge on any atom is 0.240 e. The molecular formula is C17H28N2O3S. The van der Waals surface area contributed by atoms with E-state index >= 15 is 0 Å². The fraction of sp³-hybridized carbons (Fsp3) is 0.647. The van der Waals surface area contributed by atoms with Crippen LogP contribution in [0.25, 0.3) is 0 Å². The van der Waals surface area contributed by atoms with Gasteiger partial charge in [-0.3, -0.25) is 0 Å². The predicted octanol–water partition coefficient (Wildman–Crippen LogP) is 2.39. The number of hydrogen-bond donors (Lipinski definition) is 2. The average molecular weight is 340 g/mol. The number of nitrogens with one attached hydrogen (secondary N) is 2. The minimum absolute atomic E-state index is 0.0264. The third-order valence-corrected chi connectivity index (χ3v) is 5.63. The van der Waals surface area contributed by atoms with Crippen molar-refractivity contribution in [1.29, 1.82) is 0 Å². The van der Waals surface area contributed by atoms with Gasteiger partial charge in [-0.2, -0.15) is 0 Å². The predicted molar refractivity (Wildman–Crippen MR) is 92.2 cm³/mol. The average Bonchev–Trinajstić information content (AvgIpc) is 2.52. The van der Waals surface area contributed by atoms with Crippen molar-refractivity contribution in [3.8, 4) is 5.75 Å². The molecule has 2 N–H and O–H groups in total. The number of benzene rings is 1. The molecule has 0 bridgehead atoms. The summed E-state index contributed by atoms with van der Waals surface area (Å²) in [7, 11) is -3.47. The topological polar surface area (TPSA) is 67.4 Å². The van der Waals surface area contributed by atoms with Crippen LogP contribution in [0.15, 0.2) is 29.2 Å². The summed E-state index contributed by atoms with van der Waals surface area (Å²) in [6.07, 6.45) is 1.97. The lowest BCUT2D eigenvalue weighted by Gasteiger charge is -2.34. The van der Waals surface area contributed by atoms with Crippen LogP contribution in [-0.4, -0.2) is 34.7 Å². The first kappa shape index (κ1) is 18.2. The van der Waals surface area contributed by atoms with E-state index in [9.17, 15) is 8.42 Å². The molecule has 5 nitrogen and oxygen atoms in total. The van der Waals surface area contributed by atoms with Gasteiger partial charge in [0.1, 0.15) is 5.75 Å². The van der Waals surface area contributed by atoms with Crippen LogP contribution in [0.3, 0.4) is 0 Å². The van der Waals surface area contributed by atoms with Crippen molar-refractivity contribution in [3.05, 3.63) is 24.3 Å². The molecule has 0 saturated carbocycles. The molecule has 0 unspecified atom stereocenters. The van der Waals surface area contributed by atoms with Crippen molar-refractivity contribution in [3.63, 3.8) is 0 Å². The van der Waals surface area contributed by atoms with Crippen molar-refractivity contribution >= 4 is 10.0 Å². The molecule has 130 valence electrons. The smallest absolute Gasteiger partial charge is 0.240 e. The van der Waals surface area contributed by atoms with Crippen molar-refractivity contribution in [2.75, 3.05) is 26.2 Å². The summed E-state index contributed by atoms with van der Waals surface area (Å²) in [6.45, 7) is 9.27. The summed E-state index contributed by atoms with van der Waals surface area (Å²) >= 11 is 0. The Labute approximate surface area is 139 Å². The highest BCUT2D eigenvalue weighted by Gasteiger charge is 2.28. The van der Waals surface area contributed by atoms with Crippen LogP contribution < -0.4 is 14.8 Å². The number of piperidine rings is 1. The highest BCUT2D eigenvalue weighted by Crippen LogP contribution is 2.27. The van der Waals surface area contributed by atoms with E-state index in [2.05, 4.69) is 30.8 Å². The first-order chi connectivity index (χ1) is 10.8. The van der Waals surface area contributed by atoms with E-state index < -0.39 is 10.0 Å². The van der Waals surface area contributed by atoms with Crippen LogP contribution >= 0.6 is 0 Å². The molecule has 0 radical (unpaired) electrons. The quantitative estimate of drug-likeness (QED) is 0.800. The summed E-state index contributed by atoms with van der Waals surface area (Å²) in [4.78, 5) is 0.284. The van der Waals surface area contributed by atoms with Gasteiger partial charge in [-0.1, -0.05) is 20.8 Å². The zero-order valence-corrected chi connectivity index (χ0v) is 15.1. The summed E-state index contributed by atoms with van der Waals surface area (Å²) in [5.41, 5.74) is 0.0264. The molecule has 6 heteroatoms. The molecule has 0 aliphatic carbocycles. The Morgan fingerprint density at radius 3 is 2.39 bits per heavy atom. The molecule has 2 rings (SSSR count). The summed E-state index contributed by atoms with van der Waals surface area (Å²) < 4.78 is 33.2. The largest absolute Gasteiger partial charge is 0.493 e. The van der Waals surface area contributed by atoms with Gasteiger partial charge in [0.2, 0.25) is 10.0 Å². The first-order valence-electron chi connectivity index (χ1n) is 8.24. The zero-order valence-electron chi connectivity index (χ0n) is 14.3. The van der Waals surface area contributed by atoms with E-state index in [0.717, 1.165) is 25.9 Å². The van der Waals surface area contributed by atoms with E-state index in [0.29, 0.717) is 24.8 Å². The fourth-order valence-electron chi connectivity index (χ4n) is 2.54. The Morgan fingerprint density at radius 2 is 1.83 bits per heavy atom. The number of ether oxygens (including phenoxy) is 1. The Kier molecular flexibility index (Phi) is 6.06. The second-order valence-corrected chi connectivity index (χ2v) is 8.83. The molecular weight excluding hydrogens is 312 g/mol. The second kappa shape index (κ2) is 7.64. The molecule has 1 aromatic rings. The highest BCUT2D eigenvalue weighted by atomic mass is 32.2. The summed E-state index contributed by atoms with van der Waals surface area (Å²) in [6, 6.07) is 6.62. The van der Waals surface area contributed by atoms with Crippen LogP contribution in [0, 0.1) is 11.3 Å². The Morgan fingerprint density at radius 1 is 1.22 bits per heavy atom. The Hall–Kier alpha value is -1.11. The lowest BCUT2D eigenvalue weighted by molar-refractivity contribution is 0.232. The Bertz CT molecular complexity index is 591. The van der Waals surface area contributed by atoms with Crippen molar-refractivity contribution < 1.29 is 13.2 Å². The minimum atomic E-state index is -3.47. The molecule has 1 saturated heterocycles. The van der Waals surface area contributed by atoms with Crippen LogP contribution in [0.4, 0.5) is 0 Å². The minimum Gasteiger partial charge on any atom is -0.493 e. The molecule has 1 fully saturated rings. The summed E-state index contributed by atoms with van der Waals surface area (Å²) in [5, 5.41) is 3.30. The maximum atomic E-state index is 12.4. The number of hydrogen-bond acceptors (Lipinski definition) is 4. The Balaban J connectivity index is 1.96. The number of rotatable bonds is 7. The third kappa shape index (κ3) is 5.48. The van der Waals surface area contributed by atoms with Crippen LogP contribution in [0.1, 0.15) is 33.6 Å². The van der Waals surface area contributed by atoms with Crippen LogP contribution in [-0.2, 0) is 10.0 Å². The van der Waals surface area contributed by atoms with Gasteiger partial charge in [0, 0.05) is 6.54 Å². The van der Waals surface area contributed by atoms with Gasteiger partial charge in [0.25, 0.3) is 0 Å². The van der Waals surface area contributed by atoms with Gasteiger partial charge in [0.05, 0.1) is 11.5 Å². The molecule has 1 aromatic carbocycles. The molecule has 0 amide bonds. The van der Waals surface area contributed by atoms with E-state index in [4.69, 9.17) is 4.74 Å². The lowest BCUT2D eigenvalue weighted by Crippen LogP contribution is -2.42. The van der Waals surface area contributed by atoms with Crippen molar-refractivity contribution in [2.45, 2.75) is 38.5 Å². The molecule has 1 heterocycles. The van der Waals surface area contributed by atoms with Gasteiger partial charge in [-0.15, -0.1) is 0 Å². The van der Waals surface area contributed by atoms with Crippen LogP contribution in [0.2, 0.25) is 0 Å². The maximum absolute atomic E-state index is 12.4. The van der Waals surface area contributed by atoms with Crippen molar-refractivity contribution in [2.24, 2.45) is 11.3 Å². The van der Waals surface area contributed by atoms with Gasteiger partial charge >= 0.3 is 0 Å². The summed E-state index contributed by atoms with van der Waals surface area (Å²) in [5.74, 6) is 1.13. The molecule has 0 spiro atoms. The zero-order chi connectivity index (χ0) is 16.9. The fourth-order valence-corrected chi connectivity index (χ4v) is 3.74. The molecule has 0 aromatic heterocycles. The molecule has 1 aliphatic heterocycles. The molecule has 0 atom stereocenters. The lowest BCUT2D eigenvalue weighted by atomic mass is 9.81. The van der Waals surface area contributed by atoms with Gasteiger partial charge in [0.15, 0.2) is 0 Å². The highest BCUT2D eigenvalue weighted by molar-refractivity contribution is 7.89. The van der Waals surface area contributed by atoms with E-state index in [1.807, 2.05) is 0 Å². The SMILES string of the molecule is CC(C)COc1ccc(S(=O)(=O)NCC2(C)CCNCC2)cc1. The standard InChI is InChI=1S/C17H28N2O3S/c1-14(2)12-22-15-4-6-16(7-5-15)23(20,21)19-13-17(3)8-10-18-11-9-17/h4-7,14,18-19H,8-13H2,1-3H3. The molecule has 1 aliphatic rings. The number of sulfonamides is 1. The van der Waals surface area contributed by atoms with Gasteiger partial charge in [-0.25, -0.2) is 13.1 Å². The van der Waals surface area contributed by atoms with E-state index in [1.54, 1.807) is 24.3 Å². The van der Waals surface area contributed by atoms with Crippen molar-refractivity contribution in [1.82, 2.24) is 10.0 Å². The van der Waals surface area contributed by atoms with Gasteiger partial charge in [-0.05, 0) is 61.5 Å². The van der Waals surface area contributed by atoms with Gasteiger partial charge < -0.3 is 10.1 Å². The third-order valence-electron chi connectivity index (χ3n) is 4.22.